The zero-order valence-corrected chi connectivity index (χ0v) is 18.0. The average molecular weight is 457 g/mol. The number of hydrogen-bond donors (Lipinski definition) is 3. The van der Waals surface area contributed by atoms with Crippen LogP contribution in [0.1, 0.15) is 43.7 Å². The summed E-state index contributed by atoms with van der Waals surface area (Å²) in [6.07, 6.45) is -6.33. The number of rotatable bonds is 11. The number of carbonyl (C=O) groups excluding carboxylic acids is 1. The van der Waals surface area contributed by atoms with Gasteiger partial charge >= 0.3 is 6.18 Å². The Hall–Kier alpha value is -2.84. The monoisotopic (exact) mass is 457 g/mol. The fraction of sp³-hybridized carbons (Fsp3) is 0.435. The highest BCUT2D eigenvalue weighted by Gasteiger charge is 2.30. The lowest BCUT2D eigenvalue weighted by Crippen LogP contribution is -2.32. The molecule has 9 heteroatoms. The molecule has 0 unspecified atom stereocenters. The first-order valence-electron chi connectivity index (χ1n) is 10.5. The van der Waals surface area contributed by atoms with Crippen LogP contribution in [0.25, 0.3) is 0 Å². The van der Waals surface area contributed by atoms with E-state index in [4.69, 9.17) is 0 Å². The van der Waals surface area contributed by atoms with E-state index in [0.717, 1.165) is 25.0 Å². The second kappa shape index (κ2) is 11.7. The Morgan fingerprint density at radius 3 is 2.28 bits per heavy atom. The van der Waals surface area contributed by atoms with E-state index in [1.54, 1.807) is 19.2 Å². The Balaban J connectivity index is 1.97. The molecule has 0 aromatic heterocycles. The fourth-order valence-electron chi connectivity index (χ4n) is 3.09. The van der Waals surface area contributed by atoms with E-state index in [1.807, 2.05) is 6.92 Å². The molecular weight excluding hydrogens is 429 g/mol. The van der Waals surface area contributed by atoms with E-state index in [1.165, 1.54) is 18.2 Å². The number of unbranched alkanes of at least 4 members (excludes halogenated alkanes) is 2. The first kappa shape index (κ1) is 25.4. The average Bonchev–Trinajstić information content (AvgIpc) is 2.77. The van der Waals surface area contributed by atoms with Gasteiger partial charge in [-0.1, -0.05) is 38.3 Å². The summed E-state index contributed by atoms with van der Waals surface area (Å²) in [7, 11) is 1.61. The van der Waals surface area contributed by atoms with Gasteiger partial charge in [-0.2, -0.15) is 13.2 Å². The molecule has 1 amide bonds. The van der Waals surface area contributed by atoms with Gasteiger partial charge in [0.15, 0.2) is 0 Å². The van der Waals surface area contributed by atoms with Crippen LogP contribution >= 0.6 is 0 Å². The van der Waals surface area contributed by atoms with Crippen molar-refractivity contribution >= 4 is 23.0 Å². The van der Waals surface area contributed by atoms with Crippen LogP contribution in [0.2, 0.25) is 0 Å². The molecule has 2 atom stereocenters. The second-order valence-corrected chi connectivity index (χ2v) is 7.46. The van der Waals surface area contributed by atoms with Gasteiger partial charge < -0.3 is 16.0 Å². The van der Waals surface area contributed by atoms with E-state index in [2.05, 4.69) is 16.0 Å². The van der Waals surface area contributed by atoms with Gasteiger partial charge in [0.05, 0.1) is 16.9 Å². The summed E-state index contributed by atoms with van der Waals surface area (Å²) >= 11 is 0. The van der Waals surface area contributed by atoms with Crippen molar-refractivity contribution in [2.45, 2.75) is 57.7 Å². The van der Waals surface area contributed by atoms with Gasteiger partial charge in [0.25, 0.3) is 5.91 Å². The zero-order valence-electron chi connectivity index (χ0n) is 18.0. The van der Waals surface area contributed by atoms with Crippen LogP contribution in [0, 0.1) is 0 Å². The van der Waals surface area contributed by atoms with E-state index in [0.29, 0.717) is 29.0 Å². The van der Waals surface area contributed by atoms with Crippen molar-refractivity contribution in [1.29, 1.82) is 0 Å². The van der Waals surface area contributed by atoms with Gasteiger partial charge in [-0.25, -0.2) is 8.78 Å². The minimum absolute atomic E-state index is 0.00583. The van der Waals surface area contributed by atoms with Crippen molar-refractivity contribution in [3.05, 3.63) is 53.6 Å². The molecule has 32 heavy (non-hydrogen) atoms. The molecule has 176 valence electrons. The number of carbonyl (C=O) groups is 1. The number of anilines is 3. The van der Waals surface area contributed by atoms with Gasteiger partial charge in [0.1, 0.15) is 6.17 Å². The number of hydrogen-bond acceptors (Lipinski definition) is 3. The van der Waals surface area contributed by atoms with Gasteiger partial charge in [-0.05, 0) is 42.3 Å². The Bertz CT molecular complexity index is 871. The van der Waals surface area contributed by atoms with Crippen molar-refractivity contribution in [2.75, 3.05) is 23.0 Å². The topological polar surface area (TPSA) is 53.2 Å². The third-order valence-electron chi connectivity index (χ3n) is 4.98. The maximum absolute atomic E-state index is 14.1. The number of amides is 1. The third-order valence-corrected chi connectivity index (χ3v) is 4.98. The maximum Gasteiger partial charge on any atom is 0.416 e. The van der Waals surface area contributed by atoms with E-state index in [-0.39, 0.29) is 13.0 Å². The van der Waals surface area contributed by atoms with Gasteiger partial charge in [0, 0.05) is 19.3 Å². The third kappa shape index (κ3) is 7.39. The molecule has 2 rings (SSSR count). The molecule has 4 nitrogen and oxygen atoms in total. The Kier molecular flexibility index (Phi) is 9.28. The molecule has 0 heterocycles. The van der Waals surface area contributed by atoms with Crippen LogP contribution in [0.3, 0.4) is 0 Å². The van der Waals surface area contributed by atoms with Crippen LogP contribution < -0.4 is 16.0 Å². The smallest absolute Gasteiger partial charge is 0.386 e. The summed E-state index contributed by atoms with van der Waals surface area (Å²) in [6, 6.07) is 9.63. The largest absolute Gasteiger partial charge is 0.416 e. The number of alkyl halides is 5. The molecule has 0 spiro atoms. The van der Waals surface area contributed by atoms with Gasteiger partial charge in [-0.15, -0.1) is 0 Å². The Morgan fingerprint density at radius 2 is 1.69 bits per heavy atom. The minimum atomic E-state index is -4.38. The molecular formula is C23H28F5N3O. The molecule has 0 fully saturated rings. The van der Waals surface area contributed by atoms with E-state index in [9.17, 15) is 26.7 Å². The summed E-state index contributed by atoms with van der Waals surface area (Å²) in [6.45, 7) is 2.23. The fourth-order valence-corrected chi connectivity index (χ4v) is 3.09. The van der Waals surface area contributed by atoms with Crippen molar-refractivity contribution in [1.82, 2.24) is 0 Å². The number of nitrogens with one attached hydrogen (secondary N) is 3. The molecule has 0 saturated carbocycles. The minimum Gasteiger partial charge on any atom is -0.386 e. The molecule has 0 saturated heterocycles. The van der Waals surface area contributed by atoms with Crippen molar-refractivity contribution in [3.63, 3.8) is 0 Å². The van der Waals surface area contributed by atoms with Crippen LogP contribution in [0.4, 0.5) is 39.0 Å². The summed E-state index contributed by atoms with van der Waals surface area (Å²) < 4.78 is 66.0. The SMILES string of the molecule is CCCCC[C@H](F)[C@H](F)C(=O)Nc1ccc(NCc2ccc(C(F)(F)F)cc2)cc1NC. The predicted octanol–water partition coefficient (Wildman–Crippen LogP) is 6.55. The van der Waals surface area contributed by atoms with Crippen molar-refractivity contribution in [2.24, 2.45) is 0 Å². The quantitative estimate of drug-likeness (QED) is 0.265. The van der Waals surface area contributed by atoms with E-state index >= 15 is 0 Å². The molecule has 2 aromatic rings. The summed E-state index contributed by atoms with van der Waals surface area (Å²) in [5.74, 6) is -1.05. The Morgan fingerprint density at radius 1 is 1.00 bits per heavy atom. The molecule has 0 bridgehead atoms. The lowest BCUT2D eigenvalue weighted by molar-refractivity contribution is -0.137. The van der Waals surface area contributed by atoms with Crippen molar-refractivity contribution in [3.8, 4) is 0 Å². The van der Waals surface area contributed by atoms with Gasteiger partial charge in [-0.3, -0.25) is 4.79 Å². The summed E-state index contributed by atoms with van der Waals surface area (Å²) in [5.41, 5.74) is 1.34. The second-order valence-electron chi connectivity index (χ2n) is 7.46. The van der Waals surface area contributed by atoms with Crippen LogP contribution in [-0.4, -0.2) is 25.3 Å². The highest BCUT2D eigenvalue weighted by molar-refractivity contribution is 5.97. The maximum atomic E-state index is 14.1. The van der Waals surface area contributed by atoms with Crippen molar-refractivity contribution < 1.29 is 26.7 Å². The normalized spacial score (nSPS) is 13.3. The molecule has 0 aliphatic carbocycles. The standard InChI is InChI=1S/C23H28F5N3O/c1-3-4-5-6-18(24)21(25)22(32)31-19-12-11-17(13-20(19)29-2)30-14-15-7-9-16(10-8-15)23(26,27)28/h7-13,18,21,29-30H,3-6,14H2,1-2H3,(H,31,32)/t18-,21-/m0/s1. The molecule has 0 radical (unpaired) electrons. The summed E-state index contributed by atoms with van der Waals surface area (Å²) in [4.78, 5) is 12.1. The molecule has 0 aliphatic rings. The van der Waals surface area contributed by atoms with Gasteiger partial charge in [0.2, 0.25) is 6.17 Å². The molecule has 2 aromatic carbocycles. The number of benzene rings is 2. The summed E-state index contributed by atoms with van der Waals surface area (Å²) in [5, 5.41) is 8.36. The zero-order chi connectivity index (χ0) is 23.7. The molecule has 0 aliphatic heterocycles. The molecule has 3 N–H and O–H groups in total. The van der Waals surface area contributed by atoms with E-state index < -0.39 is 30.0 Å². The van der Waals surface area contributed by atoms with Crippen LogP contribution in [0.5, 0.6) is 0 Å². The number of halogens is 5. The highest BCUT2D eigenvalue weighted by atomic mass is 19.4. The first-order chi connectivity index (χ1) is 15.2. The lowest BCUT2D eigenvalue weighted by atomic mass is 10.1. The van der Waals surface area contributed by atoms with Crippen LogP contribution in [0.15, 0.2) is 42.5 Å². The highest BCUT2D eigenvalue weighted by Crippen LogP contribution is 2.30. The Labute approximate surface area is 184 Å². The van der Waals surface area contributed by atoms with Crippen LogP contribution in [-0.2, 0) is 17.5 Å². The predicted molar refractivity (Wildman–Crippen MR) is 117 cm³/mol. The lowest BCUT2D eigenvalue weighted by Gasteiger charge is -2.17. The first-order valence-corrected chi connectivity index (χ1v) is 10.5.